The highest BCUT2D eigenvalue weighted by molar-refractivity contribution is 5.84. The number of nitrogens with one attached hydrogen (secondary N) is 1. The zero-order valence-corrected chi connectivity index (χ0v) is 10.5. The summed E-state index contributed by atoms with van der Waals surface area (Å²) in [5, 5.41) is 6.65. The molecule has 2 aromatic heterocycles. The first-order valence-electron chi connectivity index (χ1n) is 5.16. The molecule has 10 nitrogen and oxygen atoms in total. The Labute approximate surface area is 107 Å². The lowest BCUT2D eigenvalue weighted by atomic mass is 10.6. The number of aromatic nitrogens is 6. The largest absolute Gasteiger partial charge is 0.467 e. The van der Waals surface area contributed by atoms with Gasteiger partial charge in [0.2, 0.25) is 5.95 Å². The predicted molar refractivity (Wildman–Crippen MR) is 62.2 cm³/mol. The maximum Gasteiger partial charge on any atom is 0.377 e. The Morgan fingerprint density at radius 2 is 2.11 bits per heavy atom. The second-order valence-corrected chi connectivity index (χ2v) is 3.20. The van der Waals surface area contributed by atoms with Gasteiger partial charge >= 0.3 is 12.0 Å². The summed E-state index contributed by atoms with van der Waals surface area (Å²) in [7, 11) is 4.33. The Bertz CT molecular complexity index is 575. The third-order valence-electron chi connectivity index (χ3n) is 2.07. The van der Waals surface area contributed by atoms with Crippen molar-refractivity contribution >= 4 is 11.9 Å². The molecule has 0 aliphatic heterocycles. The summed E-state index contributed by atoms with van der Waals surface area (Å²) < 4.78 is 10.7. The van der Waals surface area contributed by atoms with Crippen LogP contribution in [-0.2, 0) is 4.74 Å². The zero-order chi connectivity index (χ0) is 13.8. The smallest absolute Gasteiger partial charge is 0.377 e. The summed E-state index contributed by atoms with van der Waals surface area (Å²) >= 11 is 0. The topological polar surface area (TPSA) is 117 Å². The van der Waals surface area contributed by atoms with Gasteiger partial charge in [-0.05, 0) is 0 Å². The molecule has 0 aromatic carbocycles. The predicted octanol–water partition coefficient (Wildman–Crippen LogP) is -0.711. The summed E-state index contributed by atoms with van der Waals surface area (Å²) in [4.78, 5) is 27.0. The molecule has 19 heavy (non-hydrogen) atoms. The van der Waals surface area contributed by atoms with Crippen LogP contribution < -0.4 is 10.1 Å². The number of methoxy groups -OCH3 is 2. The van der Waals surface area contributed by atoms with Gasteiger partial charge in [0.15, 0.2) is 0 Å². The Morgan fingerprint density at radius 3 is 2.74 bits per heavy atom. The molecule has 0 radical (unpaired) electrons. The van der Waals surface area contributed by atoms with Gasteiger partial charge in [-0.2, -0.15) is 19.6 Å². The van der Waals surface area contributed by atoms with E-state index >= 15 is 0 Å². The van der Waals surface area contributed by atoms with E-state index < -0.39 is 5.97 Å². The number of hydrogen-bond acceptors (Lipinski definition) is 9. The molecule has 1 N–H and O–H groups in total. The van der Waals surface area contributed by atoms with E-state index in [0.717, 1.165) is 0 Å². The van der Waals surface area contributed by atoms with Crippen LogP contribution in [0.1, 0.15) is 10.6 Å². The van der Waals surface area contributed by atoms with Crippen LogP contribution in [0, 0.1) is 0 Å². The summed E-state index contributed by atoms with van der Waals surface area (Å²) in [5.74, 6) is -0.266. The summed E-state index contributed by atoms with van der Waals surface area (Å²) in [5.41, 5.74) is 0. The lowest BCUT2D eigenvalue weighted by Crippen LogP contribution is -2.10. The molecule has 2 aromatic rings. The van der Waals surface area contributed by atoms with Gasteiger partial charge in [-0.15, -0.1) is 5.10 Å². The average Bonchev–Trinajstić information content (AvgIpc) is 2.95. The molecule has 0 saturated carbocycles. The van der Waals surface area contributed by atoms with Crippen molar-refractivity contribution in [2.75, 3.05) is 26.6 Å². The fraction of sp³-hybridized carbons (Fsp3) is 0.333. The molecule has 0 aliphatic carbocycles. The third kappa shape index (κ3) is 2.56. The molecule has 2 rings (SSSR count). The van der Waals surface area contributed by atoms with Crippen LogP contribution in [0.2, 0.25) is 0 Å². The third-order valence-corrected chi connectivity index (χ3v) is 2.07. The first kappa shape index (κ1) is 12.7. The van der Waals surface area contributed by atoms with Crippen molar-refractivity contribution in [3.05, 3.63) is 12.2 Å². The number of rotatable bonds is 4. The van der Waals surface area contributed by atoms with E-state index in [9.17, 15) is 4.79 Å². The van der Waals surface area contributed by atoms with E-state index in [4.69, 9.17) is 4.74 Å². The van der Waals surface area contributed by atoms with Gasteiger partial charge < -0.3 is 14.8 Å². The van der Waals surface area contributed by atoms with Gasteiger partial charge in [0.1, 0.15) is 6.33 Å². The summed E-state index contributed by atoms with van der Waals surface area (Å²) in [6.45, 7) is 0. The van der Waals surface area contributed by atoms with Crippen molar-refractivity contribution in [1.82, 2.24) is 29.7 Å². The Hall–Kier alpha value is -2.78. The fourth-order valence-electron chi connectivity index (χ4n) is 1.20. The second kappa shape index (κ2) is 5.25. The summed E-state index contributed by atoms with van der Waals surface area (Å²) in [6, 6.07) is 0.115. The number of esters is 1. The van der Waals surface area contributed by atoms with Crippen LogP contribution in [0.25, 0.3) is 5.95 Å². The molecule has 100 valence electrons. The molecule has 0 fully saturated rings. The lowest BCUT2D eigenvalue weighted by molar-refractivity contribution is 0.0587. The van der Waals surface area contributed by atoms with Crippen LogP contribution in [0.15, 0.2) is 6.33 Å². The van der Waals surface area contributed by atoms with Gasteiger partial charge in [0, 0.05) is 7.05 Å². The van der Waals surface area contributed by atoms with Crippen LogP contribution in [-0.4, -0.2) is 57.0 Å². The minimum atomic E-state index is -0.645. The lowest BCUT2D eigenvalue weighted by Gasteiger charge is -2.04. The number of carbonyl (C=O) groups is 1. The number of anilines is 1. The summed E-state index contributed by atoms with van der Waals surface area (Å²) in [6.07, 6.45) is 1.29. The van der Waals surface area contributed by atoms with Gasteiger partial charge in [-0.1, -0.05) is 0 Å². The van der Waals surface area contributed by atoms with Gasteiger partial charge in [-0.3, -0.25) is 0 Å². The quantitative estimate of drug-likeness (QED) is 0.715. The normalized spacial score (nSPS) is 10.1. The van der Waals surface area contributed by atoms with Gasteiger partial charge in [0.05, 0.1) is 14.2 Å². The molecule has 0 unspecified atom stereocenters. The maximum atomic E-state index is 11.3. The highest BCUT2D eigenvalue weighted by Crippen LogP contribution is 2.09. The van der Waals surface area contributed by atoms with Gasteiger partial charge in [-0.25, -0.2) is 9.78 Å². The second-order valence-electron chi connectivity index (χ2n) is 3.20. The fourth-order valence-corrected chi connectivity index (χ4v) is 1.20. The molecule has 0 saturated heterocycles. The first-order chi connectivity index (χ1) is 9.17. The highest BCUT2D eigenvalue weighted by atomic mass is 16.5. The van der Waals surface area contributed by atoms with Crippen LogP contribution >= 0.6 is 0 Å². The molecule has 0 bridgehead atoms. The Balaban J connectivity index is 2.40. The van der Waals surface area contributed by atoms with Crippen molar-refractivity contribution in [3.63, 3.8) is 0 Å². The van der Waals surface area contributed by atoms with E-state index in [-0.39, 0.29) is 17.8 Å². The molecular weight excluding hydrogens is 254 g/mol. The minimum absolute atomic E-state index is 0.0899. The molecule has 2 heterocycles. The highest BCUT2D eigenvalue weighted by Gasteiger charge is 2.14. The van der Waals surface area contributed by atoms with Crippen LogP contribution in [0.5, 0.6) is 6.01 Å². The SMILES string of the molecule is CNc1nc(OC)nc(-n2cnc(C(=O)OC)n2)n1. The Morgan fingerprint density at radius 1 is 1.32 bits per heavy atom. The zero-order valence-electron chi connectivity index (χ0n) is 10.5. The molecular formula is C9H11N7O3. The Kier molecular flexibility index (Phi) is 3.50. The monoisotopic (exact) mass is 265 g/mol. The molecule has 0 atom stereocenters. The standard InChI is InChI=1S/C9H11N7O3/c1-10-7-12-8(14-9(13-7)19-3)16-4-11-5(15-16)6(17)18-2/h4H,1-3H3,(H,10,12,13,14). The average molecular weight is 265 g/mol. The number of carbonyl (C=O) groups excluding carboxylic acids is 1. The van der Waals surface area contributed by atoms with Crippen molar-refractivity contribution in [3.8, 4) is 12.0 Å². The first-order valence-corrected chi connectivity index (χ1v) is 5.16. The van der Waals surface area contributed by atoms with E-state index in [1.54, 1.807) is 7.05 Å². The van der Waals surface area contributed by atoms with E-state index in [0.29, 0.717) is 5.95 Å². The van der Waals surface area contributed by atoms with E-state index in [2.05, 4.69) is 35.1 Å². The molecule has 0 amide bonds. The van der Waals surface area contributed by atoms with E-state index in [1.165, 1.54) is 25.2 Å². The van der Waals surface area contributed by atoms with Crippen molar-refractivity contribution in [2.45, 2.75) is 0 Å². The van der Waals surface area contributed by atoms with E-state index in [1.807, 2.05) is 0 Å². The van der Waals surface area contributed by atoms with Crippen molar-refractivity contribution in [1.29, 1.82) is 0 Å². The minimum Gasteiger partial charge on any atom is -0.467 e. The molecule has 0 aliphatic rings. The maximum absolute atomic E-state index is 11.3. The number of nitrogens with zero attached hydrogens (tertiary/aromatic N) is 6. The molecule has 0 spiro atoms. The number of ether oxygens (including phenoxy) is 2. The van der Waals surface area contributed by atoms with Crippen molar-refractivity contribution in [2.24, 2.45) is 0 Å². The molecule has 10 heteroatoms. The van der Waals surface area contributed by atoms with Crippen LogP contribution in [0.3, 0.4) is 0 Å². The van der Waals surface area contributed by atoms with Crippen molar-refractivity contribution < 1.29 is 14.3 Å². The van der Waals surface area contributed by atoms with Crippen LogP contribution in [0.4, 0.5) is 5.95 Å². The van der Waals surface area contributed by atoms with Gasteiger partial charge in [0.25, 0.3) is 11.8 Å². The number of hydrogen-bond donors (Lipinski definition) is 1.